The van der Waals surface area contributed by atoms with Gasteiger partial charge in [0.25, 0.3) is 0 Å². The summed E-state index contributed by atoms with van der Waals surface area (Å²) in [5.41, 5.74) is 8.70. The van der Waals surface area contributed by atoms with Gasteiger partial charge in [0.15, 0.2) is 11.4 Å². The summed E-state index contributed by atoms with van der Waals surface area (Å²) in [6.45, 7) is 0. The fraction of sp³-hybridized carbons (Fsp3) is 0.294. The van der Waals surface area contributed by atoms with Crippen LogP contribution in [0.4, 0.5) is 11.4 Å². The summed E-state index contributed by atoms with van der Waals surface area (Å²) in [7, 11) is 1.93. The molecule has 1 aromatic carbocycles. The smallest absolute Gasteiger partial charge is 0.202 e. The summed E-state index contributed by atoms with van der Waals surface area (Å²) in [6, 6.07) is 7.98. The summed E-state index contributed by atoms with van der Waals surface area (Å²) in [6.07, 6.45) is 5.66. The molecular weight excluding hydrogens is 304 g/mol. The number of hydrogen-bond acceptors (Lipinski definition) is 6. The quantitative estimate of drug-likeness (QED) is 0.674. The molecule has 4 N–H and O–H groups in total. The van der Waals surface area contributed by atoms with E-state index in [-0.39, 0.29) is 0 Å². The molecule has 1 aliphatic heterocycles. The number of anilines is 2. The molecule has 1 aliphatic carbocycles. The van der Waals surface area contributed by atoms with Gasteiger partial charge in [0.05, 0.1) is 23.7 Å². The number of nitrogens with two attached hydrogens (primary N) is 1. The summed E-state index contributed by atoms with van der Waals surface area (Å²) in [5.74, 6) is 1.70. The number of aliphatic imine (C=N–C) groups is 1. The second-order valence-corrected chi connectivity index (χ2v) is 6.52. The molecule has 1 fully saturated rings. The van der Waals surface area contributed by atoms with Crippen LogP contribution in [-0.2, 0) is 12.7 Å². The lowest BCUT2D eigenvalue weighted by molar-refractivity contribution is 0.315. The van der Waals surface area contributed by atoms with Crippen LogP contribution >= 0.6 is 0 Å². The first kappa shape index (κ1) is 13.6. The van der Waals surface area contributed by atoms with Gasteiger partial charge in [-0.15, -0.1) is 0 Å². The SMILES string of the molecule is Cn1ncc2cc(NC3=NC(N)(C4CC4)c4occc4N3)ccc21. The number of nitrogens with zero attached hydrogens (tertiary/aromatic N) is 3. The van der Waals surface area contributed by atoms with Gasteiger partial charge in [0.2, 0.25) is 5.96 Å². The first-order valence-corrected chi connectivity index (χ1v) is 8.06. The fourth-order valence-corrected chi connectivity index (χ4v) is 3.35. The molecule has 7 heteroatoms. The van der Waals surface area contributed by atoms with Crippen molar-refractivity contribution in [2.24, 2.45) is 23.7 Å². The van der Waals surface area contributed by atoms with Gasteiger partial charge in [-0.25, -0.2) is 4.99 Å². The summed E-state index contributed by atoms with van der Waals surface area (Å²) in [5, 5.41) is 11.9. The Balaban J connectivity index is 1.50. The monoisotopic (exact) mass is 322 g/mol. The third kappa shape index (κ3) is 1.94. The van der Waals surface area contributed by atoms with E-state index >= 15 is 0 Å². The molecule has 5 rings (SSSR count). The second kappa shape index (κ2) is 4.61. The molecule has 24 heavy (non-hydrogen) atoms. The largest absolute Gasteiger partial charge is 0.463 e. The maximum atomic E-state index is 6.58. The van der Waals surface area contributed by atoms with Crippen molar-refractivity contribution in [1.29, 1.82) is 0 Å². The minimum absolute atomic E-state index is 0.335. The third-order valence-electron chi connectivity index (χ3n) is 4.79. The highest BCUT2D eigenvalue weighted by Crippen LogP contribution is 2.48. The number of nitrogens with one attached hydrogen (secondary N) is 2. The Morgan fingerprint density at radius 2 is 2.25 bits per heavy atom. The molecule has 1 atom stereocenters. The molecule has 0 spiro atoms. The Hall–Kier alpha value is -2.80. The number of rotatable bonds is 2. The number of fused-ring (bicyclic) bond motifs is 2. The standard InChI is InChI=1S/C17H18N6O/c1-23-14-5-4-12(8-10(14)9-19-23)20-16-21-13-6-7-24-15(13)17(18,22-16)11-2-3-11/h4-9,11H,2-3,18H2,1H3,(H2,20,21,22). The van der Waals surface area contributed by atoms with E-state index in [9.17, 15) is 0 Å². The number of aromatic nitrogens is 2. The van der Waals surface area contributed by atoms with Gasteiger partial charge in [-0.3, -0.25) is 4.68 Å². The first-order valence-electron chi connectivity index (χ1n) is 8.06. The average molecular weight is 322 g/mol. The van der Waals surface area contributed by atoms with Crippen molar-refractivity contribution in [3.8, 4) is 0 Å². The van der Waals surface area contributed by atoms with Crippen LogP contribution in [0.25, 0.3) is 10.9 Å². The van der Waals surface area contributed by atoms with Gasteiger partial charge in [-0.05, 0) is 31.0 Å². The highest BCUT2D eigenvalue weighted by molar-refractivity contribution is 6.06. The van der Waals surface area contributed by atoms with Crippen LogP contribution in [-0.4, -0.2) is 15.7 Å². The van der Waals surface area contributed by atoms with Gasteiger partial charge < -0.3 is 20.8 Å². The first-order chi connectivity index (χ1) is 11.6. The third-order valence-corrected chi connectivity index (χ3v) is 4.79. The predicted molar refractivity (Wildman–Crippen MR) is 92.7 cm³/mol. The molecule has 0 amide bonds. The van der Waals surface area contributed by atoms with Gasteiger partial charge in [-0.1, -0.05) is 0 Å². The van der Waals surface area contributed by atoms with E-state index in [0.29, 0.717) is 11.9 Å². The summed E-state index contributed by atoms with van der Waals surface area (Å²) < 4.78 is 7.45. The maximum absolute atomic E-state index is 6.58. The summed E-state index contributed by atoms with van der Waals surface area (Å²) >= 11 is 0. The molecule has 7 nitrogen and oxygen atoms in total. The molecule has 0 bridgehead atoms. The van der Waals surface area contributed by atoms with Gasteiger partial charge in [0.1, 0.15) is 0 Å². The van der Waals surface area contributed by atoms with Crippen molar-refractivity contribution < 1.29 is 4.42 Å². The number of furan rings is 1. The summed E-state index contributed by atoms with van der Waals surface area (Å²) in [4.78, 5) is 4.73. The van der Waals surface area contributed by atoms with Crippen LogP contribution in [0.1, 0.15) is 18.6 Å². The predicted octanol–water partition coefficient (Wildman–Crippen LogP) is 2.58. The number of aryl methyl sites for hydroxylation is 1. The van der Waals surface area contributed by atoms with Crippen LogP contribution in [0.3, 0.4) is 0 Å². The van der Waals surface area contributed by atoms with E-state index in [1.165, 1.54) is 0 Å². The number of hydrogen-bond donors (Lipinski definition) is 3. The number of guanidine groups is 1. The Kier molecular flexibility index (Phi) is 2.62. The second-order valence-electron chi connectivity index (χ2n) is 6.52. The van der Waals surface area contributed by atoms with Crippen molar-refractivity contribution in [2.75, 3.05) is 10.6 Å². The lowest BCUT2D eigenvalue weighted by Gasteiger charge is -2.30. The molecule has 1 saturated carbocycles. The molecule has 3 heterocycles. The zero-order valence-electron chi connectivity index (χ0n) is 13.3. The molecule has 0 saturated heterocycles. The van der Waals surface area contributed by atoms with Crippen LogP contribution < -0.4 is 16.4 Å². The van der Waals surface area contributed by atoms with Crippen LogP contribution in [0.5, 0.6) is 0 Å². The van der Waals surface area contributed by atoms with Crippen LogP contribution in [0.15, 0.2) is 46.1 Å². The van der Waals surface area contributed by atoms with Crippen molar-refractivity contribution >= 4 is 28.2 Å². The minimum Gasteiger partial charge on any atom is -0.463 e. The molecule has 2 aliphatic rings. The number of benzene rings is 1. The normalized spacial score (nSPS) is 22.8. The minimum atomic E-state index is -0.787. The van der Waals surface area contributed by atoms with Crippen LogP contribution in [0.2, 0.25) is 0 Å². The Morgan fingerprint density at radius 3 is 3.08 bits per heavy atom. The average Bonchev–Trinajstić information content (AvgIpc) is 3.22. The lowest BCUT2D eigenvalue weighted by Crippen LogP contribution is -2.44. The lowest BCUT2D eigenvalue weighted by atomic mass is 10.0. The topological polar surface area (TPSA) is 93.4 Å². The van der Waals surface area contributed by atoms with E-state index in [1.54, 1.807) is 6.26 Å². The van der Waals surface area contributed by atoms with Crippen molar-refractivity contribution in [1.82, 2.24) is 9.78 Å². The zero-order chi connectivity index (χ0) is 16.3. The molecule has 2 aromatic heterocycles. The zero-order valence-corrected chi connectivity index (χ0v) is 13.3. The molecular formula is C17H18N6O. The molecule has 122 valence electrons. The highest BCUT2D eigenvalue weighted by Gasteiger charge is 2.49. The highest BCUT2D eigenvalue weighted by atomic mass is 16.3. The fourth-order valence-electron chi connectivity index (χ4n) is 3.35. The van der Waals surface area contributed by atoms with E-state index < -0.39 is 5.66 Å². The molecule has 3 aromatic rings. The Bertz CT molecular complexity index is 967. The maximum Gasteiger partial charge on any atom is 0.202 e. The molecule has 1 unspecified atom stereocenters. The van der Waals surface area contributed by atoms with E-state index in [0.717, 1.165) is 40.9 Å². The van der Waals surface area contributed by atoms with Crippen molar-refractivity contribution in [3.63, 3.8) is 0 Å². The van der Waals surface area contributed by atoms with Crippen molar-refractivity contribution in [3.05, 3.63) is 42.5 Å². The Labute approximate surface area is 138 Å². The Morgan fingerprint density at radius 1 is 1.38 bits per heavy atom. The van der Waals surface area contributed by atoms with Crippen LogP contribution in [0, 0.1) is 5.92 Å². The van der Waals surface area contributed by atoms with Crippen molar-refractivity contribution in [2.45, 2.75) is 18.5 Å². The van der Waals surface area contributed by atoms with E-state index in [4.69, 9.17) is 15.1 Å². The van der Waals surface area contributed by atoms with Gasteiger partial charge in [-0.2, -0.15) is 5.10 Å². The van der Waals surface area contributed by atoms with E-state index in [1.807, 2.05) is 42.2 Å². The van der Waals surface area contributed by atoms with E-state index in [2.05, 4.69) is 15.7 Å². The van der Waals surface area contributed by atoms with Gasteiger partial charge >= 0.3 is 0 Å². The molecule has 0 radical (unpaired) electrons. The van der Waals surface area contributed by atoms with Gasteiger partial charge in [0, 0.05) is 30.1 Å².